The third-order valence-electron chi connectivity index (χ3n) is 13.8. The van der Waals surface area contributed by atoms with Crippen LogP contribution in [0.5, 0.6) is 17.2 Å². The fourth-order valence-electron chi connectivity index (χ4n) is 10.1. The third kappa shape index (κ3) is 10.1. The fraction of sp³-hybridized carbons (Fsp3) is 0.408. The molecule has 0 saturated carbocycles. The molecule has 0 spiro atoms. The van der Waals surface area contributed by atoms with Crippen molar-refractivity contribution in [1.29, 1.82) is 0 Å². The van der Waals surface area contributed by atoms with Gasteiger partial charge in [0.2, 0.25) is 0 Å². The Kier molecular flexibility index (Phi) is 12.9. The first-order chi connectivity index (χ1) is 32.1. The molecule has 1 aliphatic carbocycles. The number of nitrogens with zero attached hydrogens (tertiary/aromatic N) is 5. The molecule has 2 saturated heterocycles. The zero-order chi connectivity index (χ0) is 47.0. The Labute approximate surface area is 394 Å². The summed E-state index contributed by atoms with van der Waals surface area (Å²) in [6.45, 7) is 9.76. The van der Waals surface area contributed by atoms with Crippen LogP contribution in [0.2, 0.25) is 5.02 Å². The molecule has 2 amide bonds. The molecule has 1 atom stereocenters. The number of aromatic nitrogens is 2. The number of benzene rings is 3. The number of piperazine rings is 1. The van der Waals surface area contributed by atoms with Gasteiger partial charge in [0.25, 0.3) is 21.6 Å². The average Bonchev–Trinajstić information content (AvgIpc) is 3.79. The second-order valence-electron chi connectivity index (χ2n) is 18.7. The van der Waals surface area contributed by atoms with Crippen LogP contribution in [0.25, 0.3) is 16.6 Å². The van der Waals surface area contributed by atoms with Crippen LogP contribution in [-0.2, 0) is 21.2 Å². The molecule has 0 bridgehead atoms. The lowest BCUT2D eigenvalue weighted by atomic mass is 9.73. The number of likely N-dealkylation sites (tertiary alicyclic amines) is 1. The topological polar surface area (TPSA) is 190 Å². The maximum Gasteiger partial charge on any atom is 0.409 e. The number of aromatic amines is 1. The molecule has 18 heteroatoms. The Morgan fingerprint density at radius 3 is 2.49 bits per heavy atom. The van der Waals surface area contributed by atoms with Crippen molar-refractivity contribution in [2.75, 3.05) is 64.4 Å². The van der Waals surface area contributed by atoms with E-state index in [4.69, 9.17) is 25.8 Å². The summed E-state index contributed by atoms with van der Waals surface area (Å²) >= 11 is 6.24. The molecule has 0 unspecified atom stereocenters. The molecule has 0 radical (unpaired) electrons. The van der Waals surface area contributed by atoms with Crippen molar-refractivity contribution in [2.24, 2.45) is 17.3 Å². The minimum atomic E-state index is -4.67. The van der Waals surface area contributed by atoms with Crippen molar-refractivity contribution in [1.82, 2.24) is 24.5 Å². The molecule has 2 N–H and O–H groups in total. The first-order valence-corrected chi connectivity index (χ1v) is 24.5. The number of allylic oxidation sites excluding steroid dienone is 1. The number of hydrogen-bond acceptors (Lipinski definition) is 12. The highest BCUT2D eigenvalue weighted by Gasteiger charge is 2.37. The van der Waals surface area contributed by atoms with Crippen LogP contribution in [0.4, 0.5) is 16.2 Å². The molecule has 9 rings (SSSR count). The Morgan fingerprint density at radius 2 is 1.76 bits per heavy atom. The van der Waals surface area contributed by atoms with E-state index in [1.54, 1.807) is 29.3 Å². The summed E-state index contributed by atoms with van der Waals surface area (Å²) in [4.78, 5) is 51.3. The lowest BCUT2D eigenvalue weighted by Crippen LogP contribution is -2.47. The number of fused-ring (bicyclic) bond motifs is 2. The summed E-state index contributed by atoms with van der Waals surface area (Å²) in [6, 6.07) is 19.0. The number of carbonyl (C=O) groups is 2. The van der Waals surface area contributed by atoms with Gasteiger partial charge in [-0.05, 0) is 97.4 Å². The van der Waals surface area contributed by atoms with E-state index in [-0.39, 0.29) is 40.9 Å². The highest BCUT2D eigenvalue weighted by atomic mass is 35.5. The van der Waals surface area contributed by atoms with Crippen molar-refractivity contribution >= 4 is 61.6 Å². The first kappa shape index (κ1) is 46.0. The van der Waals surface area contributed by atoms with E-state index in [9.17, 15) is 28.1 Å². The van der Waals surface area contributed by atoms with Gasteiger partial charge in [-0.3, -0.25) is 19.8 Å². The minimum Gasteiger partial charge on any atom is -0.493 e. The molecular formula is C49H54ClN7O9S. The number of carbonyl (C=O) groups excluding carboxylic acids is 2. The maximum atomic E-state index is 14.1. The number of rotatable bonds is 11. The Balaban J connectivity index is 0.931. The van der Waals surface area contributed by atoms with Gasteiger partial charge in [-0.25, -0.2) is 22.9 Å². The predicted octanol–water partition coefficient (Wildman–Crippen LogP) is 8.85. The van der Waals surface area contributed by atoms with Crippen molar-refractivity contribution in [3.8, 4) is 17.2 Å². The van der Waals surface area contributed by atoms with Crippen LogP contribution in [0.15, 0.2) is 89.6 Å². The van der Waals surface area contributed by atoms with Gasteiger partial charge in [-0.1, -0.05) is 43.2 Å². The number of nitro groups is 1. The highest BCUT2D eigenvalue weighted by molar-refractivity contribution is 7.90. The molecule has 352 valence electrons. The normalized spacial score (nSPS) is 19.1. The molecule has 5 aromatic rings. The van der Waals surface area contributed by atoms with Crippen molar-refractivity contribution < 1.29 is 37.1 Å². The molecule has 2 aromatic heterocycles. The summed E-state index contributed by atoms with van der Waals surface area (Å²) in [7, 11) is -3.33. The van der Waals surface area contributed by atoms with E-state index in [0.29, 0.717) is 62.4 Å². The van der Waals surface area contributed by atoms with Gasteiger partial charge in [-0.2, -0.15) is 0 Å². The number of ether oxygens (including phenoxy) is 3. The Hall–Kier alpha value is -6.17. The largest absolute Gasteiger partial charge is 0.493 e. The van der Waals surface area contributed by atoms with E-state index in [2.05, 4.69) is 50.5 Å². The Bertz CT molecular complexity index is 2850. The molecule has 4 aliphatic rings. The number of methoxy groups -OCH3 is 1. The van der Waals surface area contributed by atoms with Gasteiger partial charge < -0.3 is 29.0 Å². The van der Waals surface area contributed by atoms with Crippen LogP contribution in [0, 0.1) is 27.4 Å². The number of piperidine rings is 1. The van der Waals surface area contributed by atoms with E-state index < -0.39 is 37.5 Å². The zero-order valence-corrected chi connectivity index (χ0v) is 39.3. The number of H-pyrrole nitrogens is 1. The SMILES string of the molecule is COC(=O)N1CCC([C@@H]2COc3cc(S(=O)(=O)NC(=O)c4ccc(N5CCN(CC6=C(c7ccc(Cl)cc7)CCC(C)(C)C6)CC5)cc4Oc4cnc5[nH]ccc5c4)cc([N+](=O)[O-])c3C2)CC1. The number of anilines is 1. The number of nitro benzene ring substituents is 1. The Morgan fingerprint density at radius 1 is 1.00 bits per heavy atom. The van der Waals surface area contributed by atoms with Gasteiger partial charge in [0, 0.05) is 92.2 Å². The van der Waals surface area contributed by atoms with E-state index >= 15 is 0 Å². The van der Waals surface area contributed by atoms with Crippen LogP contribution in [-0.4, -0.2) is 105 Å². The van der Waals surface area contributed by atoms with Crippen LogP contribution >= 0.6 is 11.6 Å². The molecule has 16 nitrogen and oxygen atoms in total. The lowest BCUT2D eigenvalue weighted by Gasteiger charge is -2.39. The fourth-order valence-corrected chi connectivity index (χ4v) is 11.2. The predicted molar refractivity (Wildman–Crippen MR) is 254 cm³/mol. The summed E-state index contributed by atoms with van der Waals surface area (Å²) < 4.78 is 47.4. The van der Waals surface area contributed by atoms with Crippen LogP contribution < -0.4 is 19.1 Å². The number of hydrogen-bond donors (Lipinski definition) is 2. The third-order valence-corrected chi connectivity index (χ3v) is 15.3. The van der Waals surface area contributed by atoms with Crippen molar-refractivity contribution in [2.45, 2.75) is 57.3 Å². The standard InChI is InChI=1S/C49H54ClN7O9S/c1-49(2)14-10-40(32-4-6-36(50)7-5-32)35(27-49)29-54-18-20-55(21-19-54)37-8-9-41(45(24-37)66-38-22-33-11-15-51-46(33)52-28-38)47(58)53-67(62,63)39-25-43(57(60)61)42-23-34(30-65-44(42)26-39)31-12-16-56(17-13-31)48(59)64-3/h4-9,11,15,22,24-26,28,31,34H,10,12-14,16-21,23,27,29-30H2,1-3H3,(H,51,52)(H,53,58)/t34-/m0/s1. The van der Waals surface area contributed by atoms with E-state index in [1.807, 2.05) is 18.2 Å². The van der Waals surface area contributed by atoms with Gasteiger partial charge in [-0.15, -0.1) is 0 Å². The lowest BCUT2D eigenvalue weighted by molar-refractivity contribution is -0.386. The van der Waals surface area contributed by atoms with Gasteiger partial charge >= 0.3 is 6.09 Å². The van der Waals surface area contributed by atoms with E-state index in [1.165, 1.54) is 42.1 Å². The van der Waals surface area contributed by atoms with Gasteiger partial charge in [0.1, 0.15) is 22.9 Å². The quantitative estimate of drug-likeness (QED) is 0.0947. The maximum absolute atomic E-state index is 14.1. The molecule has 67 heavy (non-hydrogen) atoms. The molecule has 3 aliphatic heterocycles. The van der Waals surface area contributed by atoms with Gasteiger partial charge in [0.15, 0.2) is 0 Å². The van der Waals surface area contributed by atoms with Gasteiger partial charge in [0.05, 0.1) is 40.9 Å². The van der Waals surface area contributed by atoms with Crippen LogP contribution in [0.3, 0.4) is 0 Å². The molecule has 5 heterocycles. The second kappa shape index (κ2) is 18.8. The number of amides is 2. The number of nitrogens with one attached hydrogen (secondary N) is 2. The minimum absolute atomic E-state index is 0.0634. The number of pyridine rings is 1. The highest BCUT2D eigenvalue weighted by Crippen LogP contribution is 2.44. The molecule has 2 fully saturated rings. The summed E-state index contributed by atoms with van der Waals surface area (Å²) in [5, 5.41) is 14.0. The van der Waals surface area contributed by atoms with Crippen molar-refractivity contribution in [3.05, 3.63) is 117 Å². The van der Waals surface area contributed by atoms with Crippen molar-refractivity contribution in [3.63, 3.8) is 0 Å². The van der Waals surface area contributed by atoms with Crippen LogP contribution in [0.1, 0.15) is 67.4 Å². The summed E-state index contributed by atoms with van der Waals surface area (Å²) in [5.74, 6) is -0.408. The second-order valence-corrected chi connectivity index (χ2v) is 20.9. The zero-order valence-electron chi connectivity index (χ0n) is 37.8. The number of sulfonamides is 1. The number of halogens is 1. The first-order valence-electron chi connectivity index (χ1n) is 22.7. The average molecular weight is 953 g/mol. The smallest absolute Gasteiger partial charge is 0.409 e. The molecule has 3 aromatic carbocycles. The monoisotopic (exact) mass is 951 g/mol. The summed E-state index contributed by atoms with van der Waals surface area (Å²) in [5.41, 5.74) is 5.55. The van der Waals surface area contributed by atoms with E-state index in [0.717, 1.165) is 61.1 Å². The summed E-state index contributed by atoms with van der Waals surface area (Å²) in [6.07, 6.45) is 7.69. The molecular weight excluding hydrogens is 898 g/mol.